The van der Waals surface area contributed by atoms with Crippen molar-refractivity contribution in [3.8, 4) is 11.4 Å². The maximum atomic E-state index is 14.1. The summed E-state index contributed by atoms with van der Waals surface area (Å²) in [5.41, 5.74) is 3.30. The maximum Gasteiger partial charge on any atom is 0.234 e. The number of hydrogen-bond donors (Lipinski definition) is 1. The minimum Gasteiger partial charge on any atom is -0.325 e. The molecule has 1 aromatic heterocycles. The highest BCUT2D eigenvalue weighted by Gasteiger charge is 2.17. The number of aromatic nitrogens is 3. The maximum absolute atomic E-state index is 14.1. The number of thioether (sulfide) groups is 1. The third-order valence-electron chi connectivity index (χ3n) is 4.13. The van der Waals surface area contributed by atoms with E-state index in [9.17, 15) is 9.18 Å². The Hall–Kier alpha value is -2.93. The third-order valence-corrected chi connectivity index (χ3v) is 5.10. The molecule has 0 radical (unpaired) electrons. The number of hydrogen-bond acceptors (Lipinski definition) is 4. The smallest absolute Gasteiger partial charge is 0.234 e. The number of nitrogens with one attached hydrogen (secondary N) is 1. The van der Waals surface area contributed by atoms with Gasteiger partial charge in [-0.25, -0.2) is 4.39 Å². The summed E-state index contributed by atoms with van der Waals surface area (Å²) in [4.78, 5) is 12.4. The van der Waals surface area contributed by atoms with Gasteiger partial charge in [0.15, 0.2) is 11.0 Å². The van der Waals surface area contributed by atoms with E-state index < -0.39 is 0 Å². The standard InChI is InChI=1S/C21H21FN4OS/c1-4-11-26-20(16-7-5-6-8-17(16)22)24-25-21(26)28-13-19(27)23-18-10-9-14(2)12-15(18)3/h4-10,12H,1,11,13H2,2-3H3,(H,23,27). The number of allylic oxidation sites excluding steroid dienone is 1. The van der Waals surface area contributed by atoms with Crippen molar-refractivity contribution in [2.45, 2.75) is 25.5 Å². The van der Waals surface area contributed by atoms with Gasteiger partial charge in [0.25, 0.3) is 0 Å². The van der Waals surface area contributed by atoms with Crippen LogP contribution in [0.25, 0.3) is 11.4 Å². The topological polar surface area (TPSA) is 59.8 Å². The van der Waals surface area contributed by atoms with E-state index in [0.29, 0.717) is 23.1 Å². The average Bonchev–Trinajstić information content (AvgIpc) is 3.06. The number of rotatable bonds is 7. The van der Waals surface area contributed by atoms with Gasteiger partial charge in [-0.3, -0.25) is 9.36 Å². The van der Waals surface area contributed by atoms with Gasteiger partial charge in [0, 0.05) is 12.2 Å². The molecule has 3 aromatic rings. The van der Waals surface area contributed by atoms with Crippen LogP contribution in [0.5, 0.6) is 0 Å². The highest BCUT2D eigenvalue weighted by atomic mass is 32.2. The molecule has 144 valence electrons. The van der Waals surface area contributed by atoms with E-state index in [1.807, 2.05) is 32.0 Å². The minimum atomic E-state index is -0.371. The van der Waals surface area contributed by atoms with Crippen molar-refractivity contribution in [2.24, 2.45) is 0 Å². The zero-order chi connectivity index (χ0) is 20.1. The summed E-state index contributed by atoms with van der Waals surface area (Å²) in [7, 11) is 0. The zero-order valence-corrected chi connectivity index (χ0v) is 16.6. The summed E-state index contributed by atoms with van der Waals surface area (Å²) in [6.45, 7) is 8.12. The van der Waals surface area contributed by atoms with Crippen LogP contribution in [-0.2, 0) is 11.3 Å². The van der Waals surface area contributed by atoms with Crippen LogP contribution in [0.4, 0.5) is 10.1 Å². The molecule has 0 aliphatic rings. The van der Waals surface area contributed by atoms with Crippen molar-refractivity contribution in [2.75, 3.05) is 11.1 Å². The van der Waals surface area contributed by atoms with E-state index in [1.54, 1.807) is 28.8 Å². The Kier molecular flexibility index (Phi) is 6.26. The quantitative estimate of drug-likeness (QED) is 0.468. The first-order valence-corrected chi connectivity index (χ1v) is 9.77. The molecule has 3 rings (SSSR count). The highest BCUT2D eigenvalue weighted by molar-refractivity contribution is 7.99. The number of aryl methyl sites for hydroxylation is 2. The predicted molar refractivity (Wildman–Crippen MR) is 111 cm³/mol. The van der Waals surface area contributed by atoms with Gasteiger partial charge in [0.1, 0.15) is 5.82 Å². The van der Waals surface area contributed by atoms with E-state index in [2.05, 4.69) is 22.1 Å². The Morgan fingerprint density at radius 2 is 2.04 bits per heavy atom. The van der Waals surface area contributed by atoms with Crippen molar-refractivity contribution < 1.29 is 9.18 Å². The van der Waals surface area contributed by atoms with Crippen LogP contribution in [0.2, 0.25) is 0 Å². The molecule has 0 aliphatic carbocycles. The molecule has 2 aromatic carbocycles. The fourth-order valence-electron chi connectivity index (χ4n) is 2.80. The number of amides is 1. The molecule has 0 atom stereocenters. The first-order chi connectivity index (χ1) is 13.5. The molecule has 1 amide bonds. The second kappa shape index (κ2) is 8.84. The Morgan fingerprint density at radius 3 is 2.75 bits per heavy atom. The number of halogens is 1. The lowest BCUT2D eigenvalue weighted by Gasteiger charge is -2.10. The molecule has 0 saturated carbocycles. The number of benzene rings is 2. The van der Waals surface area contributed by atoms with Crippen molar-refractivity contribution in [1.82, 2.24) is 14.8 Å². The van der Waals surface area contributed by atoms with Crippen LogP contribution >= 0.6 is 11.8 Å². The van der Waals surface area contributed by atoms with Gasteiger partial charge < -0.3 is 5.32 Å². The van der Waals surface area contributed by atoms with Crippen LogP contribution in [0, 0.1) is 19.7 Å². The Labute approximate surface area is 167 Å². The Balaban J connectivity index is 1.74. The second-order valence-corrected chi connectivity index (χ2v) is 7.28. The number of carbonyl (C=O) groups excluding carboxylic acids is 1. The normalized spacial score (nSPS) is 10.7. The van der Waals surface area contributed by atoms with Gasteiger partial charge in [-0.15, -0.1) is 16.8 Å². The molecule has 5 nitrogen and oxygen atoms in total. The first-order valence-electron chi connectivity index (χ1n) is 8.78. The van der Waals surface area contributed by atoms with Crippen LogP contribution in [0.15, 0.2) is 60.3 Å². The third kappa shape index (κ3) is 4.48. The van der Waals surface area contributed by atoms with Gasteiger partial charge in [-0.05, 0) is 37.6 Å². The summed E-state index contributed by atoms with van der Waals surface area (Å²) in [5.74, 6) is 0.0667. The van der Waals surface area contributed by atoms with Crippen molar-refractivity contribution in [3.05, 3.63) is 72.1 Å². The zero-order valence-electron chi connectivity index (χ0n) is 15.8. The Morgan fingerprint density at radius 1 is 1.25 bits per heavy atom. The molecule has 1 N–H and O–H groups in total. The summed E-state index contributed by atoms with van der Waals surface area (Å²) < 4.78 is 15.9. The number of anilines is 1. The molecule has 0 spiro atoms. The molecule has 7 heteroatoms. The fraction of sp³-hybridized carbons (Fsp3) is 0.190. The summed E-state index contributed by atoms with van der Waals surface area (Å²) in [6, 6.07) is 12.3. The van der Waals surface area contributed by atoms with Crippen LogP contribution in [0.3, 0.4) is 0 Å². The first kappa shape index (κ1) is 19.8. The van der Waals surface area contributed by atoms with Crippen LogP contribution in [-0.4, -0.2) is 26.4 Å². The van der Waals surface area contributed by atoms with E-state index in [-0.39, 0.29) is 17.5 Å². The summed E-state index contributed by atoms with van der Waals surface area (Å²) in [6.07, 6.45) is 1.69. The van der Waals surface area contributed by atoms with E-state index in [1.165, 1.54) is 17.8 Å². The molecule has 1 heterocycles. The van der Waals surface area contributed by atoms with Crippen LogP contribution in [0.1, 0.15) is 11.1 Å². The van der Waals surface area contributed by atoms with Gasteiger partial charge in [0.05, 0.1) is 11.3 Å². The monoisotopic (exact) mass is 396 g/mol. The van der Waals surface area contributed by atoms with Crippen molar-refractivity contribution in [3.63, 3.8) is 0 Å². The van der Waals surface area contributed by atoms with E-state index in [0.717, 1.165) is 16.8 Å². The van der Waals surface area contributed by atoms with E-state index in [4.69, 9.17) is 0 Å². The van der Waals surface area contributed by atoms with Crippen molar-refractivity contribution >= 4 is 23.4 Å². The van der Waals surface area contributed by atoms with Gasteiger partial charge >= 0.3 is 0 Å². The molecule has 0 saturated heterocycles. The van der Waals surface area contributed by atoms with E-state index >= 15 is 0 Å². The van der Waals surface area contributed by atoms with Gasteiger partial charge in [-0.1, -0.05) is 47.7 Å². The number of carbonyl (C=O) groups is 1. The highest BCUT2D eigenvalue weighted by Crippen LogP contribution is 2.26. The van der Waals surface area contributed by atoms with Crippen molar-refractivity contribution in [1.29, 1.82) is 0 Å². The lowest BCUT2D eigenvalue weighted by molar-refractivity contribution is -0.113. The van der Waals surface area contributed by atoms with Gasteiger partial charge in [0.2, 0.25) is 5.91 Å². The molecule has 0 fully saturated rings. The summed E-state index contributed by atoms with van der Waals surface area (Å²) in [5, 5.41) is 11.7. The molecule has 0 unspecified atom stereocenters. The lowest BCUT2D eigenvalue weighted by Crippen LogP contribution is -2.15. The lowest BCUT2D eigenvalue weighted by atomic mass is 10.1. The average molecular weight is 396 g/mol. The predicted octanol–water partition coefficient (Wildman–Crippen LogP) is 4.62. The largest absolute Gasteiger partial charge is 0.325 e. The Bertz CT molecular complexity index is 1020. The minimum absolute atomic E-state index is 0.141. The molecule has 0 aliphatic heterocycles. The SMILES string of the molecule is C=CCn1c(SCC(=O)Nc2ccc(C)cc2C)nnc1-c1ccccc1F. The molecule has 0 bridgehead atoms. The van der Waals surface area contributed by atoms with Crippen LogP contribution < -0.4 is 5.32 Å². The molecule has 28 heavy (non-hydrogen) atoms. The summed E-state index contributed by atoms with van der Waals surface area (Å²) >= 11 is 1.25. The molecular weight excluding hydrogens is 375 g/mol. The fourth-order valence-corrected chi connectivity index (χ4v) is 3.55. The molecular formula is C21H21FN4OS. The van der Waals surface area contributed by atoms with Gasteiger partial charge in [-0.2, -0.15) is 0 Å². The number of nitrogens with zero attached hydrogens (tertiary/aromatic N) is 3. The second-order valence-electron chi connectivity index (χ2n) is 6.34.